The molecule has 1 aromatic carbocycles. The Labute approximate surface area is 244 Å². The van der Waals surface area contributed by atoms with Gasteiger partial charge in [0, 0.05) is 29.5 Å². The third-order valence-electron chi connectivity index (χ3n) is 7.06. The van der Waals surface area contributed by atoms with Crippen LogP contribution in [0.25, 0.3) is 11.1 Å². The van der Waals surface area contributed by atoms with E-state index >= 15 is 0 Å². The van der Waals surface area contributed by atoms with Crippen LogP contribution < -0.4 is 16.2 Å². The van der Waals surface area contributed by atoms with Gasteiger partial charge in [-0.05, 0) is 66.9 Å². The number of carbonyl (C=O) groups is 1. The molecular weight excluding hydrogens is 594 g/mol. The highest BCUT2D eigenvalue weighted by Gasteiger charge is 2.45. The minimum absolute atomic E-state index is 0. The number of hydrogen-bond donors (Lipinski definition) is 3. The molecule has 224 valence electrons. The number of aliphatic carboxylic acids is 1. The van der Waals surface area contributed by atoms with Gasteiger partial charge in [0.2, 0.25) is 17.9 Å². The van der Waals surface area contributed by atoms with Crippen LogP contribution in [0.1, 0.15) is 67.9 Å². The minimum atomic E-state index is -4.90. The molecule has 41 heavy (non-hydrogen) atoms. The highest BCUT2D eigenvalue weighted by molar-refractivity contribution is 6.30. The molecular formula is C27H29Cl2F5N4O3. The number of carboxylic acids is 1. The lowest BCUT2D eigenvalue weighted by Gasteiger charge is -2.27. The number of aromatic nitrogens is 2. The van der Waals surface area contributed by atoms with E-state index in [1.165, 1.54) is 30.3 Å². The highest BCUT2D eigenvalue weighted by atomic mass is 35.5. The first-order chi connectivity index (χ1) is 18.7. The number of alkyl halides is 5. The molecule has 0 radical (unpaired) electrons. The predicted molar refractivity (Wildman–Crippen MR) is 147 cm³/mol. The summed E-state index contributed by atoms with van der Waals surface area (Å²) in [6, 6.07) is 4.04. The average molecular weight is 623 g/mol. The molecule has 1 unspecified atom stereocenters. The summed E-state index contributed by atoms with van der Waals surface area (Å²) in [5.41, 5.74) is 12.6. The average Bonchev–Trinajstić information content (AvgIpc) is 2.87. The van der Waals surface area contributed by atoms with E-state index in [0.29, 0.717) is 36.8 Å². The van der Waals surface area contributed by atoms with E-state index in [1.54, 1.807) is 0 Å². The lowest BCUT2D eigenvalue weighted by Crippen LogP contribution is -2.32. The first-order valence-electron chi connectivity index (χ1n) is 12.6. The number of allylic oxidation sites excluding steroid dienone is 4. The Bertz CT molecular complexity index is 1340. The maximum Gasteiger partial charge on any atom is 0.429 e. The lowest BCUT2D eigenvalue weighted by molar-refractivity contribution is -0.198. The van der Waals surface area contributed by atoms with Crippen LogP contribution >= 0.6 is 24.0 Å². The van der Waals surface area contributed by atoms with Gasteiger partial charge in [-0.15, -0.1) is 12.4 Å². The number of carboxylic acid groups (broad SMARTS) is 1. The van der Waals surface area contributed by atoms with E-state index in [2.05, 4.69) is 9.97 Å². The molecule has 0 spiro atoms. The molecule has 4 rings (SSSR count). The molecule has 2 aliphatic carbocycles. The maximum absolute atomic E-state index is 14.4. The van der Waals surface area contributed by atoms with Crippen molar-refractivity contribution in [2.45, 2.75) is 69.2 Å². The third kappa shape index (κ3) is 8.30. The Morgan fingerprint density at radius 2 is 1.90 bits per heavy atom. The third-order valence-corrected chi connectivity index (χ3v) is 7.29. The Morgan fingerprint density at radius 3 is 2.49 bits per heavy atom. The van der Waals surface area contributed by atoms with Crippen molar-refractivity contribution in [2.24, 2.45) is 11.7 Å². The molecule has 0 amide bonds. The molecule has 0 fully saturated rings. The number of ether oxygens (including phenoxy) is 1. The summed E-state index contributed by atoms with van der Waals surface area (Å²) < 4.78 is 76.0. The second kappa shape index (κ2) is 12.9. The molecule has 0 saturated heterocycles. The molecule has 0 saturated carbocycles. The van der Waals surface area contributed by atoms with Gasteiger partial charge in [0.15, 0.2) is 0 Å². The van der Waals surface area contributed by atoms with Crippen LogP contribution in [0.3, 0.4) is 0 Å². The number of rotatable bonds is 8. The zero-order valence-electron chi connectivity index (χ0n) is 21.6. The quantitative estimate of drug-likeness (QED) is 0.271. The topological polar surface area (TPSA) is 124 Å². The zero-order chi connectivity index (χ0) is 29.2. The van der Waals surface area contributed by atoms with Crippen LogP contribution in [-0.4, -0.2) is 39.2 Å². The summed E-state index contributed by atoms with van der Waals surface area (Å²) in [6.07, 6.45) is -3.62. The molecule has 2 aromatic rings. The summed E-state index contributed by atoms with van der Waals surface area (Å²) in [5.74, 6) is -4.67. The van der Waals surface area contributed by atoms with E-state index in [0.717, 1.165) is 0 Å². The monoisotopic (exact) mass is 622 g/mol. The molecule has 5 N–H and O–H groups in total. The van der Waals surface area contributed by atoms with Gasteiger partial charge in [-0.2, -0.15) is 18.2 Å². The van der Waals surface area contributed by atoms with Gasteiger partial charge in [-0.1, -0.05) is 29.8 Å². The Kier molecular flexibility index (Phi) is 10.3. The summed E-state index contributed by atoms with van der Waals surface area (Å²) in [7, 11) is 0. The van der Waals surface area contributed by atoms with E-state index in [4.69, 9.17) is 32.9 Å². The fourth-order valence-corrected chi connectivity index (χ4v) is 5.14. The van der Waals surface area contributed by atoms with Crippen molar-refractivity contribution in [1.82, 2.24) is 9.97 Å². The van der Waals surface area contributed by atoms with Gasteiger partial charge >= 0.3 is 12.1 Å². The fourth-order valence-electron chi connectivity index (χ4n) is 4.96. The van der Waals surface area contributed by atoms with E-state index in [9.17, 15) is 26.7 Å². The summed E-state index contributed by atoms with van der Waals surface area (Å²) in [5, 5.41) is 9.19. The smallest absolute Gasteiger partial charge is 0.429 e. The number of nitrogens with two attached hydrogens (primary N) is 2. The van der Waals surface area contributed by atoms with Crippen LogP contribution in [-0.2, 0) is 4.79 Å². The van der Waals surface area contributed by atoms with Crippen molar-refractivity contribution in [1.29, 1.82) is 0 Å². The van der Waals surface area contributed by atoms with Gasteiger partial charge in [0.25, 0.3) is 5.92 Å². The number of halogens is 7. The summed E-state index contributed by atoms with van der Waals surface area (Å²) in [6.45, 7) is 0. The van der Waals surface area contributed by atoms with Crippen molar-refractivity contribution in [3.05, 3.63) is 58.3 Å². The van der Waals surface area contributed by atoms with Crippen molar-refractivity contribution in [3.8, 4) is 5.88 Å². The predicted octanol–water partition coefficient (Wildman–Crippen LogP) is 7.00. The SMILES string of the molecule is Cl.Nc1nc(O[C@H](c2ccc(Cl)cc2C2=CCC(F)(F)CC2)C(F)(F)F)cc(C2=CCC(C[C@H](N)C(=O)O)CC2)n1. The molecule has 1 heterocycles. The summed E-state index contributed by atoms with van der Waals surface area (Å²) >= 11 is 6.08. The largest absolute Gasteiger partial charge is 0.480 e. The van der Waals surface area contributed by atoms with Crippen LogP contribution in [0.5, 0.6) is 5.88 Å². The Hall–Kier alpha value is -2.96. The maximum atomic E-state index is 14.4. The number of benzene rings is 1. The van der Waals surface area contributed by atoms with Crippen LogP contribution in [0.15, 0.2) is 36.4 Å². The van der Waals surface area contributed by atoms with E-state index in [-0.39, 0.29) is 52.5 Å². The van der Waals surface area contributed by atoms with E-state index < -0.39 is 48.9 Å². The molecule has 0 bridgehead atoms. The van der Waals surface area contributed by atoms with Crippen molar-refractivity contribution in [2.75, 3.05) is 5.73 Å². The van der Waals surface area contributed by atoms with Crippen LogP contribution in [0.2, 0.25) is 5.02 Å². The number of hydrogen-bond acceptors (Lipinski definition) is 6. The first kappa shape index (κ1) is 32.6. The van der Waals surface area contributed by atoms with Gasteiger partial charge in [-0.25, -0.2) is 13.8 Å². The van der Waals surface area contributed by atoms with Gasteiger partial charge in [0.1, 0.15) is 6.04 Å². The van der Waals surface area contributed by atoms with E-state index in [1.807, 2.05) is 6.08 Å². The Balaban J connectivity index is 0.00000462. The van der Waals surface area contributed by atoms with Gasteiger partial charge < -0.3 is 21.3 Å². The second-order valence-electron chi connectivity index (χ2n) is 10.1. The number of nitrogens with zero attached hydrogens (tertiary/aromatic N) is 2. The number of anilines is 1. The molecule has 14 heteroatoms. The van der Waals surface area contributed by atoms with Gasteiger partial charge in [-0.3, -0.25) is 4.79 Å². The second-order valence-corrected chi connectivity index (χ2v) is 10.5. The number of nitrogen functional groups attached to an aromatic ring is 1. The molecule has 7 nitrogen and oxygen atoms in total. The van der Waals surface area contributed by atoms with Crippen molar-refractivity contribution < 1.29 is 36.6 Å². The molecule has 1 aromatic heterocycles. The normalized spacial score (nSPS) is 20.2. The highest BCUT2D eigenvalue weighted by Crippen LogP contribution is 2.44. The van der Waals surface area contributed by atoms with Crippen LogP contribution in [0.4, 0.5) is 27.9 Å². The molecule has 0 aliphatic heterocycles. The molecule has 3 atom stereocenters. The van der Waals surface area contributed by atoms with Crippen LogP contribution in [0, 0.1) is 5.92 Å². The minimum Gasteiger partial charge on any atom is -0.480 e. The first-order valence-corrected chi connectivity index (χ1v) is 13.0. The lowest BCUT2D eigenvalue weighted by atomic mass is 9.84. The zero-order valence-corrected chi connectivity index (χ0v) is 23.2. The summed E-state index contributed by atoms with van der Waals surface area (Å²) in [4.78, 5) is 19.0. The molecule has 2 aliphatic rings. The standard InChI is InChI=1S/C27H28ClF5N4O3.ClH/c28-17-5-6-18(19(12-17)15-7-9-26(29,30)10-8-15)23(27(31,32)33)40-22-13-21(36-25(35)37-22)16-3-1-14(2-4-16)11-20(34)24(38)39;/h3,5-7,12-14,20,23H,1-2,4,8-11,34H2,(H,38,39)(H2,35,36,37);1H/t14?,20-,23+;/m0./s1. The Morgan fingerprint density at radius 1 is 1.17 bits per heavy atom. The fraction of sp³-hybridized carbons (Fsp3) is 0.444. The van der Waals surface area contributed by atoms with Crippen molar-refractivity contribution in [3.63, 3.8) is 0 Å². The van der Waals surface area contributed by atoms with Gasteiger partial charge in [0.05, 0.1) is 5.69 Å². The van der Waals surface area contributed by atoms with Crippen molar-refractivity contribution >= 4 is 47.1 Å².